The van der Waals surface area contributed by atoms with Crippen LogP contribution in [-0.2, 0) is 4.74 Å². The fourth-order valence-electron chi connectivity index (χ4n) is 2.11. The van der Waals surface area contributed by atoms with Crippen molar-refractivity contribution in [1.82, 2.24) is 5.32 Å². The van der Waals surface area contributed by atoms with Crippen LogP contribution in [0.3, 0.4) is 0 Å². The molecule has 2 rings (SSSR count). The summed E-state index contributed by atoms with van der Waals surface area (Å²) in [5.74, 6) is 1.97. The lowest BCUT2D eigenvalue weighted by molar-refractivity contribution is 0.139. The van der Waals surface area contributed by atoms with E-state index in [0.29, 0.717) is 13.2 Å². The molecule has 0 unspecified atom stereocenters. The van der Waals surface area contributed by atoms with Gasteiger partial charge in [0.05, 0.1) is 13.2 Å². The first-order chi connectivity index (χ1) is 6.92. The van der Waals surface area contributed by atoms with E-state index in [1.165, 1.54) is 25.7 Å². The minimum absolute atomic E-state index is 0.634. The van der Waals surface area contributed by atoms with Crippen LogP contribution in [0, 0.1) is 11.8 Å². The van der Waals surface area contributed by atoms with Gasteiger partial charge in [-0.25, -0.2) is 0 Å². The van der Waals surface area contributed by atoms with E-state index >= 15 is 0 Å². The number of ether oxygens (including phenoxy) is 1. The van der Waals surface area contributed by atoms with Crippen LogP contribution in [0.25, 0.3) is 0 Å². The molecule has 3 nitrogen and oxygen atoms in total. The Morgan fingerprint density at radius 2 is 1.79 bits per heavy atom. The van der Waals surface area contributed by atoms with Crippen molar-refractivity contribution in [2.24, 2.45) is 17.6 Å². The summed E-state index contributed by atoms with van der Waals surface area (Å²) in [5, 5.41) is 3.64. The Hall–Kier alpha value is -0.120. The molecule has 0 heterocycles. The number of nitrogens with two attached hydrogens (primary N) is 1. The Morgan fingerprint density at radius 1 is 1.14 bits per heavy atom. The zero-order valence-corrected chi connectivity index (χ0v) is 8.87. The highest BCUT2D eigenvalue weighted by Gasteiger charge is 2.40. The molecule has 0 aliphatic heterocycles. The van der Waals surface area contributed by atoms with E-state index in [0.717, 1.165) is 31.0 Å². The van der Waals surface area contributed by atoms with Crippen LogP contribution in [0.4, 0.5) is 0 Å². The van der Waals surface area contributed by atoms with Crippen molar-refractivity contribution in [3.05, 3.63) is 0 Å². The lowest BCUT2D eigenvalue weighted by Gasteiger charge is -2.17. The summed E-state index contributed by atoms with van der Waals surface area (Å²) in [4.78, 5) is 0. The summed E-state index contributed by atoms with van der Waals surface area (Å²) in [7, 11) is 0. The highest BCUT2D eigenvalue weighted by atomic mass is 16.5. The predicted octanol–water partition coefficient (Wildman–Crippen LogP) is 0.740. The molecule has 0 spiro atoms. The molecule has 0 radical (unpaired) electrons. The monoisotopic (exact) mass is 198 g/mol. The number of rotatable bonds is 8. The van der Waals surface area contributed by atoms with Gasteiger partial charge in [-0.05, 0) is 37.5 Å². The predicted molar refractivity (Wildman–Crippen MR) is 57.1 cm³/mol. The molecule has 2 fully saturated rings. The molecule has 3 heteroatoms. The van der Waals surface area contributed by atoms with Crippen molar-refractivity contribution in [1.29, 1.82) is 0 Å². The topological polar surface area (TPSA) is 47.3 Å². The fraction of sp³-hybridized carbons (Fsp3) is 1.00. The van der Waals surface area contributed by atoms with Gasteiger partial charge in [-0.3, -0.25) is 0 Å². The maximum atomic E-state index is 5.35. The van der Waals surface area contributed by atoms with E-state index in [4.69, 9.17) is 10.5 Å². The second-order valence-electron chi connectivity index (χ2n) is 4.56. The van der Waals surface area contributed by atoms with Crippen LogP contribution in [0.2, 0.25) is 0 Å². The molecule has 0 aromatic heterocycles. The van der Waals surface area contributed by atoms with Gasteiger partial charge in [0.1, 0.15) is 0 Å². The lowest BCUT2D eigenvalue weighted by atomic mass is 10.1. The Balaban J connectivity index is 1.53. The van der Waals surface area contributed by atoms with Crippen LogP contribution in [0.5, 0.6) is 0 Å². The number of hydrogen-bond acceptors (Lipinski definition) is 3. The van der Waals surface area contributed by atoms with Crippen LogP contribution in [0.15, 0.2) is 0 Å². The molecule has 0 atom stereocenters. The summed E-state index contributed by atoms with van der Waals surface area (Å²) in [6, 6.07) is 0.802. The number of hydrogen-bond donors (Lipinski definition) is 2. The Bertz CT molecular complexity index is 155. The highest BCUT2D eigenvalue weighted by molar-refractivity contribution is 4.96. The minimum atomic E-state index is 0.634. The van der Waals surface area contributed by atoms with Gasteiger partial charge in [0.2, 0.25) is 0 Å². The van der Waals surface area contributed by atoms with E-state index in [1.54, 1.807) is 0 Å². The first kappa shape index (κ1) is 10.4. The maximum absolute atomic E-state index is 5.35. The molecular formula is C11H22N2O. The molecule has 0 aromatic carbocycles. The van der Waals surface area contributed by atoms with Crippen LogP contribution in [-0.4, -0.2) is 32.3 Å². The van der Waals surface area contributed by atoms with E-state index in [9.17, 15) is 0 Å². The lowest BCUT2D eigenvalue weighted by Crippen LogP contribution is -2.35. The van der Waals surface area contributed by atoms with E-state index in [1.807, 2.05) is 0 Å². The third kappa shape index (κ3) is 3.23. The Morgan fingerprint density at radius 3 is 2.29 bits per heavy atom. The van der Waals surface area contributed by atoms with Gasteiger partial charge in [-0.2, -0.15) is 0 Å². The molecule has 2 saturated carbocycles. The summed E-state index contributed by atoms with van der Waals surface area (Å²) in [6.45, 7) is 3.14. The van der Waals surface area contributed by atoms with Crippen molar-refractivity contribution in [3.63, 3.8) is 0 Å². The van der Waals surface area contributed by atoms with Crippen molar-refractivity contribution >= 4 is 0 Å². The molecule has 3 N–H and O–H groups in total. The van der Waals surface area contributed by atoms with Gasteiger partial charge in [0, 0.05) is 19.1 Å². The largest absolute Gasteiger partial charge is 0.379 e. The van der Waals surface area contributed by atoms with Gasteiger partial charge in [-0.15, -0.1) is 0 Å². The normalized spacial score (nSPS) is 21.9. The van der Waals surface area contributed by atoms with Crippen LogP contribution >= 0.6 is 0 Å². The third-order valence-electron chi connectivity index (χ3n) is 3.15. The zero-order chi connectivity index (χ0) is 9.80. The van der Waals surface area contributed by atoms with Crippen molar-refractivity contribution < 1.29 is 4.74 Å². The minimum Gasteiger partial charge on any atom is -0.379 e. The molecule has 0 bridgehead atoms. The second kappa shape index (κ2) is 5.10. The summed E-state index contributed by atoms with van der Waals surface area (Å²) >= 11 is 0. The van der Waals surface area contributed by atoms with E-state index in [2.05, 4.69) is 5.32 Å². The molecule has 0 saturated heterocycles. The summed E-state index contributed by atoms with van der Waals surface area (Å²) in [5.41, 5.74) is 5.34. The van der Waals surface area contributed by atoms with Crippen molar-refractivity contribution in [3.8, 4) is 0 Å². The SMILES string of the molecule is NCCOCCNC(C1CC1)C1CC1. The Kier molecular flexibility index (Phi) is 3.79. The molecule has 14 heavy (non-hydrogen) atoms. The molecular weight excluding hydrogens is 176 g/mol. The quantitative estimate of drug-likeness (QED) is 0.566. The van der Waals surface area contributed by atoms with Crippen LogP contribution in [0.1, 0.15) is 25.7 Å². The van der Waals surface area contributed by atoms with Gasteiger partial charge < -0.3 is 15.8 Å². The molecule has 2 aliphatic carbocycles. The smallest absolute Gasteiger partial charge is 0.0591 e. The average Bonchev–Trinajstić information content (AvgIpc) is 3.03. The summed E-state index contributed by atoms with van der Waals surface area (Å²) < 4.78 is 5.35. The second-order valence-corrected chi connectivity index (χ2v) is 4.56. The molecule has 2 aliphatic rings. The van der Waals surface area contributed by atoms with Crippen molar-refractivity contribution in [2.45, 2.75) is 31.7 Å². The van der Waals surface area contributed by atoms with Gasteiger partial charge in [0.25, 0.3) is 0 Å². The van der Waals surface area contributed by atoms with Gasteiger partial charge >= 0.3 is 0 Å². The van der Waals surface area contributed by atoms with Crippen LogP contribution < -0.4 is 11.1 Å². The highest BCUT2D eigenvalue weighted by Crippen LogP contribution is 2.44. The Labute approximate surface area is 86.4 Å². The standard InChI is InChI=1S/C11H22N2O/c12-5-7-14-8-6-13-11(9-1-2-9)10-3-4-10/h9-11,13H,1-8,12H2. The van der Waals surface area contributed by atoms with E-state index < -0.39 is 0 Å². The average molecular weight is 198 g/mol. The molecule has 82 valence electrons. The van der Waals surface area contributed by atoms with Crippen molar-refractivity contribution in [2.75, 3.05) is 26.3 Å². The van der Waals surface area contributed by atoms with E-state index in [-0.39, 0.29) is 0 Å². The molecule has 0 aromatic rings. The van der Waals surface area contributed by atoms with Gasteiger partial charge in [-0.1, -0.05) is 0 Å². The molecule has 0 amide bonds. The van der Waals surface area contributed by atoms with Gasteiger partial charge in [0.15, 0.2) is 0 Å². The summed E-state index contributed by atoms with van der Waals surface area (Å²) in [6.07, 6.45) is 5.77. The first-order valence-corrected chi connectivity index (χ1v) is 5.93. The third-order valence-corrected chi connectivity index (χ3v) is 3.15. The number of nitrogens with one attached hydrogen (secondary N) is 1. The zero-order valence-electron chi connectivity index (χ0n) is 8.87. The maximum Gasteiger partial charge on any atom is 0.0591 e. The fourth-order valence-corrected chi connectivity index (χ4v) is 2.11. The first-order valence-electron chi connectivity index (χ1n) is 5.93.